The van der Waals surface area contributed by atoms with Crippen molar-refractivity contribution in [1.29, 1.82) is 0 Å². The minimum Gasteiger partial charge on any atom is -0.482 e. The number of carbonyl (C=O) groups excluding carboxylic acids is 2. The van der Waals surface area contributed by atoms with Crippen LogP contribution in [0.3, 0.4) is 0 Å². The first-order valence-corrected chi connectivity index (χ1v) is 8.96. The topological polar surface area (TPSA) is 58.6 Å². The third kappa shape index (κ3) is 4.08. The second kappa shape index (κ2) is 7.69. The maximum Gasteiger partial charge on any atom is 0.265 e. The van der Waals surface area contributed by atoms with Gasteiger partial charge in [0.1, 0.15) is 5.75 Å². The van der Waals surface area contributed by atoms with E-state index in [1.807, 2.05) is 25.1 Å². The molecule has 0 spiro atoms. The molecule has 0 radical (unpaired) electrons. The summed E-state index contributed by atoms with van der Waals surface area (Å²) in [5.74, 6) is 0.812. The van der Waals surface area contributed by atoms with E-state index in [0.717, 1.165) is 29.8 Å². The number of nitrogens with zero attached hydrogens (tertiary/aromatic N) is 1. The average molecular weight is 330 g/mol. The minimum absolute atomic E-state index is 0.0426. The van der Waals surface area contributed by atoms with Crippen molar-refractivity contribution in [1.82, 2.24) is 5.32 Å². The molecular weight excluding hydrogens is 304 g/mol. The zero-order valence-electron chi connectivity index (χ0n) is 14.3. The summed E-state index contributed by atoms with van der Waals surface area (Å²) in [5, 5.41) is 3.13. The fourth-order valence-corrected chi connectivity index (χ4v) is 3.50. The number of nitrogens with one attached hydrogen (secondary N) is 1. The van der Waals surface area contributed by atoms with Gasteiger partial charge in [0.25, 0.3) is 5.91 Å². The van der Waals surface area contributed by atoms with Crippen molar-refractivity contribution in [2.24, 2.45) is 0 Å². The van der Waals surface area contributed by atoms with Crippen LogP contribution in [-0.4, -0.2) is 31.0 Å². The van der Waals surface area contributed by atoms with Crippen molar-refractivity contribution >= 4 is 17.5 Å². The number of rotatable bonds is 5. The number of fused-ring (bicyclic) bond motifs is 1. The molecule has 130 valence electrons. The molecule has 5 heteroatoms. The van der Waals surface area contributed by atoms with Crippen molar-refractivity contribution in [2.45, 2.75) is 57.9 Å². The predicted octanol–water partition coefficient (Wildman–Crippen LogP) is 2.95. The van der Waals surface area contributed by atoms with E-state index in [1.165, 1.54) is 19.3 Å². The van der Waals surface area contributed by atoms with Gasteiger partial charge in [-0.1, -0.05) is 25.3 Å². The lowest BCUT2D eigenvalue weighted by Gasteiger charge is -2.29. The molecule has 1 N–H and O–H groups in total. The maximum absolute atomic E-state index is 12.1. The zero-order chi connectivity index (χ0) is 16.9. The van der Waals surface area contributed by atoms with Crippen molar-refractivity contribution in [2.75, 3.05) is 18.1 Å². The molecule has 1 aromatic carbocycles. The molecule has 1 saturated carbocycles. The molecule has 1 aromatic rings. The molecule has 0 bridgehead atoms. The lowest BCUT2D eigenvalue weighted by atomic mass is 9.95. The van der Waals surface area contributed by atoms with Crippen molar-refractivity contribution in [3.8, 4) is 5.75 Å². The molecule has 1 aliphatic carbocycles. The Morgan fingerprint density at radius 1 is 1.29 bits per heavy atom. The molecule has 1 fully saturated rings. The smallest absolute Gasteiger partial charge is 0.265 e. The molecule has 2 aliphatic rings. The summed E-state index contributed by atoms with van der Waals surface area (Å²) >= 11 is 0. The molecule has 2 amide bonds. The molecule has 1 heterocycles. The van der Waals surface area contributed by atoms with Gasteiger partial charge in [0.2, 0.25) is 5.91 Å². The molecule has 0 atom stereocenters. The van der Waals surface area contributed by atoms with E-state index in [1.54, 1.807) is 4.90 Å². The Hall–Kier alpha value is -2.04. The van der Waals surface area contributed by atoms with Crippen LogP contribution in [0.1, 0.15) is 50.5 Å². The lowest BCUT2D eigenvalue weighted by Crippen LogP contribution is -2.40. The summed E-state index contributed by atoms with van der Waals surface area (Å²) in [6.07, 6.45) is 7.03. The van der Waals surface area contributed by atoms with E-state index >= 15 is 0 Å². The van der Waals surface area contributed by atoms with E-state index in [2.05, 4.69) is 5.32 Å². The van der Waals surface area contributed by atoms with Crippen LogP contribution in [0.4, 0.5) is 5.69 Å². The lowest BCUT2D eigenvalue weighted by molar-refractivity contribution is -0.123. The summed E-state index contributed by atoms with van der Waals surface area (Å²) in [4.78, 5) is 26.0. The monoisotopic (exact) mass is 330 g/mol. The van der Waals surface area contributed by atoms with Crippen molar-refractivity contribution < 1.29 is 14.3 Å². The van der Waals surface area contributed by atoms with Gasteiger partial charge in [0.05, 0.1) is 5.69 Å². The van der Waals surface area contributed by atoms with E-state index in [-0.39, 0.29) is 18.4 Å². The number of anilines is 1. The largest absolute Gasteiger partial charge is 0.482 e. The Morgan fingerprint density at radius 2 is 2.08 bits per heavy atom. The molecule has 24 heavy (non-hydrogen) atoms. The second-order valence-corrected chi connectivity index (χ2v) is 6.81. The van der Waals surface area contributed by atoms with Gasteiger partial charge in [0, 0.05) is 19.0 Å². The Labute approximate surface area is 143 Å². The van der Waals surface area contributed by atoms with E-state index in [4.69, 9.17) is 4.74 Å². The van der Waals surface area contributed by atoms with Gasteiger partial charge in [0.15, 0.2) is 6.61 Å². The zero-order valence-corrected chi connectivity index (χ0v) is 14.3. The molecule has 0 aromatic heterocycles. The molecule has 5 nitrogen and oxygen atoms in total. The van der Waals surface area contributed by atoms with Gasteiger partial charge in [-0.2, -0.15) is 0 Å². The highest BCUT2D eigenvalue weighted by Gasteiger charge is 2.25. The first-order valence-electron chi connectivity index (χ1n) is 8.96. The normalized spacial score (nSPS) is 18.0. The Kier molecular flexibility index (Phi) is 5.38. The van der Waals surface area contributed by atoms with Gasteiger partial charge >= 0.3 is 0 Å². The number of carbonyl (C=O) groups is 2. The molecule has 1 aliphatic heterocycles. The Balaban J connectivity index is 1.51. The van der Waals surface area contributed by atoms with Crippen LogP contribution < -0.4 is 15.0 Å². The van der Waals surface area contributed by atoms with Crippen LogP contribution in [0.15, 0.2) is 18.2 Å². The van der Waals surface area contributed by atoms with Crippen LogP contribution >= 0.6 is 0 Å². The molecular formula is C19H26N2O3. The standard InChI is InChI=1S/C19H26N2O3/c1-14-9-10-16-17(12-14)24-13-19(23)21(16)11-5-8-18(22)20-15-6-3-2-4-7-15/h9-10,12,15H,2-8,11,13H2,1H3,(H,20,22). The number of amides is 2. The average Bonchev–Trinajstić information content (AvgIpc) is 2.58. The summed E-state index contributed by atoms with van der Waals surface area (Å²) < 4.78 is 5.50. The molecule has 0 unspecified atom stereocenters. The van der Waals surface area contributed by atoms with Crippen LogP contribution in [0, 0.1) is 6.92 Å². The third-order valence-electron chi connectivity index (χ3n) is 4.81. The fraction of sp³-hybridized carbons (Fsp3) is 0.579. The van der Waals surface area contributed by atoms with Gasteiger partial charge in [-0.15, -0.1) is 0 Å². The fourth-order valence-electron chi connectivity index (χ4n) is 3.50. The van der Waals surface area contributed by atoms with Gasteiger partial charge in [-0.05, 0) is 43.9 Å². The number of hydrogen-bond acceptors (Lipinski definition) is 3. The molecule has 3 rings (SSSR count). The van der Waals surface area contributed by atoms with Crippen LogP contribution in [0.25, 0.3) is 0 Å². The number of benzene rings is 1. The maximum atomic E-state index is 12.1. The van der Waals surface area contributed by atoms with Crippen LogP contribution in [0.2, 0.25) is 0 Å². The first kappa shape index (κ1) is 16.8. The quantitative estimate of drug-likeness (QED) is 0.903. The SMILES string of the molecule is Cc1ccc2c(c1)OCC(=O)N2CCCC(=O)NC1CCCCC1. The van der Waals surface area contributed by atoms with Gasteiger partial charge in [-0.3, -0.25) is 9.59 Å². The van der Waals surface area contributed by atoms with Crippen LogP contribution in [-0.2, 0) is 9.59 Å². The van der Waals surface area contributed by atoms with E-state index in [9.17, 15) is 9.59 Å². The number of aryl methyl sites for hydroxylation is 1. The third-order valence-corrected chi connectivity index (χ3v) is 4.81. The molecule has 0 saturated heterocycles. The Morgan fingerprint density at radius 3 is 2.88 bits per heavy atom. The van der Waals surface area contributed by atoms with Gasteiger partial charge < -0.3 is 15.0 Å². The van der Waals surface area contributed by atoms with Crippen LogP contribution in [0.5, 0.6) is 5.75 Å². The minimum atomic E-state index is -0.0426. The number of hydrogen-bond donors (Lipinski definition) is 1. The summed E-state index contributed by atoms with van der Waals surface area (Å²) in [5.41, 5.74) is 1.92. The summed E-state index contributed by atoms with van der Waals surface area (Å²) in [6, 6.07) is 6.19. The van der Waals surface area contributed by atoms with Crippen molar-refractivity contribution in [3.63, 3.8) is 0 Å². The van der Waals surface area contributed by atoms with E-state index in [0.29, 0.717) is 25.4 Å². The highest BCUT2D eigenvalue weighted by Crippen LogP contribution is 2.32. The Bertz CT molecular complexity index is 609. The summed E-state index contributed by atoms with van der Waals surface area (Å²) in [6.45, 7) is 2.63. The predicted molar refractivity (Wildman–Crippen MR) is 93.3 cm³/mol. The first-order chi connectivity index (χ1) is 11.6. The highest BCUT2D eigenvalue weighted by molar-refractivity contribution is 5.97. The highest BCUT2D eigenvalue weighted by atomic mass is 16.5. The summed E-state index contributed by atoms with van der Waals surface area (Å²) in [7, 11) is 0. The number of ether oxygens (including phenoxy) is 1. The van der Waals surface area contributed by atoms with Crippen molar-refractivity contribution in [3.05, 3.63) is 23.8 Å². The van der Waals surface area contributed by atoms with Gasteiger partial charge in [-0.25, -0.2) is 0 Å². The second-order valence-electron chi connectivity index (χ2n) is 6.81. The van der Waals surface area contributed by atoms with E-state index < -0.39 is 0 Å².